The van der Waals surface area contributed by atoms with Crippen molar-refractivity contribution in [3.05, 3.63) is 88.7 Å². The zero-order valence-corrected chi connectivity index (χ0v) is 33.5. The zero-order valence-electron chi connectivity index (χ0n) is 32.7. The summed E-state index contributed by atoms with van der Waals surface area (Å²) in [4.78, 5) is 13.9. The molecule has 0 spiro atoms. The molecule has 9 nitrogen and oxygen atoms in total. The molecule has 0 saturated carbocycles. The third-order valence-corrected chi connectivity index (χ3v) is 11.0. The number of carbonyl (C=O) groups excluding carboxylic acids is 1. The lowest BCUT2D eigenvalue weighted by Crippen LogP contribution is -2.37. The van der Waals surface area contributed by atoms with Crippen molar-refractivity contribution in [1.29, 1.82) is 0 Å². The molecule has 278 valence electrons. The number of fused-ring (bicyclic) bond motifs is 2. The quantitative estimate of drug-likeness (QED) is 0.109. The van der Waals surface area contributed by atoms with E-state index >= 15 is 0 Å². The number of hydrogen-bond donors (Lipinski definition) is 0. The smallest absolute Gasteiger partial charge is 0.209 e. The molecular formula is C41H59N4O5S+. The minimum atomic E-state index is -4.63. The maximum Gasteiger partial charge on any atom is 0.209 e. The molecule has 4 rings (SSSR count). The van der Waals surface area contributed by atoms with Crippen LogP contribution in [0.2, 0.25) is 0 Å². The summed E-state index contributed by atoms with van der Waals surface area (Å²) >= 11 is 0. The van der Waals surface area contributed by atoms with Crippen LogP contribution in [0.3, 0.4) is 0 Å². The molecular weight excluding hydrogens is 661 g/mol. The van der Waals surface area contributed by atoms with Crippen molar-refractivity contribution in [1.82, 2.24) is 0 Å². The first-order chi connectivity index (χ1) is 23.4. The van der Waals surface area contributed by atoms with E-state index < -0.39 is 21.5 Å². The van der Waals surface area contributed by atoms with Gasteiger partial charge in [-0.3, -0.25) is 0 Å². The van der Waals surface area contributed by atoms with Crippen molar-refractivity contribution in [3.8, 4) is 0 Å². The first kappa shape index (κ1) is 40.2. The van der Waals surface area contributed by atoms with Gasteiger partial charge in [0.15, 0.2) is 12.3 Å². The largest absolute Gasteiger partial charge is 0.744 e. The van der Waals surface area contributed by atoms with Gasteiger partial charge in [-0.1, -0.05) is 43.7 Å². The number of benzene rings is 2. The van der Waals surface area contributed by atoms with E-state index in [1.54, 1.807) is 6.07 Å². The Morgan fingerprint density at radius 1 is 0.882 bits per heavy atom. The molecule has 2 aliphatic heterocycles. The minimum absolute atomic E-state index is 0.119. The molecule has 0 saturated heterocycles. The van der Waals surface area contributed by atoms with Gasteiger partial charge in [-0.05, 0) is 69.0 Å². The molecule has 0 aromatic heterocycles. The fourth-order valence-corrected chi connectivity index (χ4v) is 7.82. The van der Waals surface area contributed by atoms with Crippen molar-refractivity contribution in [3.63, 3.8) is 0 Å². The third kappa shape index (κ3) is 9.66. The monoisotopic (exact) mass is 719 g/mol. The van der Waals surface area contributed by atoms with Crippen LogP contribution in [0.5, 0.6) is 0 Å². The lowest BCUT2D eigenvalue weighted by molar-refractivity contribution is -0.871. The highest BCUT2D eigenvalue weighted by molar-refractivity contribution is 7.85. The fourth-order valence-electron chi connectivity index (χ4n) is 7.33. The van der Waals surface area contributed by atoms with Crippen molar-refractivity contribution >= 4 is 33.2 Å². The van der Waals surface area contributed by atoms with Crippen molar-refractivity contribution in [2.75, 3.05) is 73.4 Å². The second kappa shape index (κ2) is 14.8. The Bertz CT molecular complexity index is 1890. The molecule has 2 aromatic carbocycles. The predicted octanol–water partition coefficient (Wildman–Crippen LogP) is 5.16. The zero-order chi connectivity index (χ0) is 38.2. The highest BCUT2D eigenvalue weighted by atomic mass is 32.2. The molecule has 51 heavy (non-hydrogen) atoms. The molecule has 2 aromatic rings. The molecule has 0 unspecified atom stereocenters. The topological polar surface area (TPSA) is 104 Å². The van der Waals surface area contributed by atoms with E-state index in [4.69, 9.17) is 0 Å². The van der Waals surface area contributed by atoms with Gasteiger partial charge in [0, 0.05) is 53.4 Å². The summed E-state index contributed by atoms with van der Waals surface area (Å²) in [5.41, 5.74) is 7.45. The Hall–Kier alpha value is -3.57. The van der Waals surface area contributed by atoms with Crippen molar-refractivity contribution in [2.24, 2.45) is 0 Å². The normalized spacial score (nSPS) is 18.2. The standard InChI is InChI=1S/C41H59N4O5S/c1-30-14-19-35-33(28-30)40(2,3)37(42(35)24-12-26-44(6,7)8)21-15-31(17-23-39(46)47)16-22-38-41(4,5)34-29-32(51(48,49)50)18-20-36(34)43(38)25-13-27-45(9,10)11/h14-16,18-22,28-29H,12-13,17,23-27H2,1-11H3/q+1. The summed E-state index contributed by atoms with van der Waals surface area (Å²) in [5, 5.41) is 11.7. The Balaban J connectivity index is 1.80. The van der Waals surface area contributed by atoms with E-state index in [1.165, 1.54) is 34.6 Å². The number of allylic oxidation sites excluding steroid dienone is 6. The van der Waals surface area contributed by atoms with Crippen LogP contribution in [0.25, 0.3) is 0 Å². The maximum atomic E-state index is 12.0. The lowest BCUT2D eigenvalue weighted by Gasteiger charge is -2.29. The molecule has 10 heteroatoms. The number of quaternary nitrogens is 2. The Labute approximate surface area is 306 Å². The number of aryl methyl sites for hydroxylation is 1. The van der Waals surface area contributed by atoms with Crippen LogP contribution >= 0.6 is 0 Å². The third-order valence-electron chi connectivity index (χ3n) is 10.1. The van der Waals surface area contributed by atoms with Crippen molar-refractivity contribution < 1.29 is 36.4 Å². The van der Waals surface area contributed by atoms with Gasteiger partial charge in [0.05, 0.1) is 72.1 Å². The number of aliphatic carboxylic acids is 1. The van der Waals surface area contributed by atoms with Gasteiger partial charge in [0.25, 0.3) is 0 Å². The summed E-state index contributed by atoms with van der Waals surface area (Å²) in [7, 11) is 8.44. The summed E-state index contributed by atoms with van der Waals surface area (Å²) in [6.45, 7) is 14.2. The number of carboxylic acid groups (broad SMARTS) is 1. The second-order valence-corrected chi connectivity index (χ2v) is 18.7. The van der Waals surface area contributed by atoms with Gasteiger partial charge in [0.2, 0.25) is 5.69 Å². The molecule has 0 fully saturated rings. The van der Waals surface area contributed by atoms with Gasteiger partial charge >= 0.3 is 0 Å². The van der Waals surface area contributed by atoms with E-state index in [0.29, 0.717) is 6.54 Å². The average Bonchev–Trinajstić information content (AvgIpc) is 3.32. The van der Waals surface area contributed by atoms with Gasteiger partial charge in [-0.25, -0.2) is 8.42 Å². The maximum absolute atomic E-state index is 12.0. The highest BCUT2D eigenvalue weighted by Crippen LogP contribution is 2.48. The van der Waals surface area contributed by atoms with Crippen LogP contribution in [0.15, 0.2) is 76.9 Å². The summed E-state index contributed by atoms with van der Waals surface area (Å²) in [6, 6.07) is 11.3. The molecule has 0 N–H and O–H groups in total. The average molecular weight is 720 g/mol. The first-order valence-corrected chi connectivity index (χ1v) is 19.4. The molecule has 0 atom stereocenters. The molecule has 2 heterocycles. The second-order valence-electron chi connectivity index (χ2n) is 17.3. The van der Waals surface area contributed by atoms with Gasteiger partial charge in [0.1, 0.15) is 10.1 Å². The number of nitrogens with zero attached hydrogens (tertiary/aromatic N) is 4. The highest BCUT2D eigenvalue weighted by Gasteiger charge is 2.45. The number of rotatable bonds is 15. The summed E-state index contributed by atoms with van der Waals surface area (Å²) < 4.78 is 39.9. The van der Waals surface area contributed by atoms with Crippen LogP contribution in [-0.2, 0) is 25.7 Å². The van der Waals surface area contributed by atoms with Crippen LogP contribution in [0, 0.1) is 6.92 Å². The van der Waals surface area contributed by atoms with E-state index in [2.05, 4.69) is 96.8 Å². The Morgan fingerprint density at radius 2 is 1.53 bits per heavy atom. The van der Waals surface area contributed by atoms with E-state index in [-0.39, 0.29) is 23.2 Å². The van der Waals surface area contributed by atoms with Crippen LogP contribution in [0.1, 0.15) is 70.1 Å². The number of anilines is 1. The van der Waals surface area contributed by atoms with Crippen molar-refractivity contribution in [2.45, 2.75) is 76.0 Å². The Kier molecular flexibility index (Phi) is 11.7. The van der Waals surface area contributed by atoms with E-state index in [0.717, 1.165) is 64.0 Å². The van der Waals surface area contributed by atoms with E-state index in [1.807, 2.05) is 32.1 Å². The number of hydrogen-bond acceptors (Lipinski definition) is 6. The van der Waals surface area contributed by atoms with Gasteiger partial charge in [-0.15, -0.1) is 0 Å². The number of carbonyl (C=O) groups is 1. The van der Waals surface area contributed by atoms with E-state index in [9.17, 15) is 22.9 Å². The molecule has 0 bridgehead atoms. The predicted molar refractivity (Wildman–Crippen MR) is 203 cm³/mol. The fraction of sp³-hybridized carbons (Fsp3) is 0.512. The Morgan fingerprint density at radius 3 is 2.14 bits per heavy atom. The molecule has 2 aliphatic rings. The van der Waals surface area contributed by atoms with Crippen LogP contribution in [0.4, 0.5) is 11.4 Å². The van der Waals surface area contributed by atoms with Crippen LogP contribution < -0.4 is 10.0 Å². The number of carboxylic acids is 1. The first-order valence-electron chi connectivity index (χ1n) is 18.0. The molecule has 0 aliphatic carbocycles. The summed E-state index contributed by atoms with van der Waals surface area (Å²) in [6.07, 6.45) is 10.3. The van der Waals surface area contributed by atoms with Crippen LogP contribution in [-0.4, -0.2) is 107 Å². The lowest BCUT2D eigenvalue weighted by atomic mass is 9.81. The van der Waals surface area contributed by atoms with Gasteiger partial charge in [-0.2, -0.15) is 4.58 Å². The van der Waals surface area contributed by atoms with Gasteiger partial charge < -0.3 is 28.3 Å². The SMILES string of the molecule is Cc1ccc2c(c1)C(C)(C)/C(=C/C=C(/C=C/C1=[N+](CCC[N+](C)(C)C)c3ccc(S(=O)(=O)[O-])cc3C1(C)C)CCC(=O)[O-])N2CCC[N+](C)(C)C. The minimum Gasteiger partial charge on any atom is -0.744 e. The molecule has 0 radical (unpaired) electrons. The summed E-state index contributed by atoms with van der Waals surface area (Å²) in [5.74, 6) is -1.11. The molecule has 0 amide bonds.